The van der Waals surface area contributed by atoms with Crippen molar-refractivity contribution in [3.63, 3.8) is 0 Å². The number of nitrogens with zero attached hydrogens (tertiary/aromatic N) is 2. The molecule has 1 aromatic rings. The zero-order valence-electron chi connectivity index (χ0n) is 11.3. The Bertz CT molecular complexity index is 518. The number of urea groups is 1. The first-order valence-corrected chi connectivity index (χ1v) is 6.46. The summed E-state index contributed by atoms with van der Waals surface area (Å²) in [5.41, 5.74) is 1.93. The molecule has 0 spiro atoms. The molecule has 0 unspecified atom stereocenters. The van der Waals surface area contributed by atoms with E-state index in [1.54, 1.807) is 7.05 Å². The van der Waals surface area contributed by atoms with Gasteiger partial charge in [0.25, 0.3) is 0 Å². The molecular formula is C14H18N2O4. The number of hydrogen-bond donors (Lipinski definition) is 2. The molecule has 1 atom stereocenters. The fourth-order valence-corrected chi connectivity index (χ4v) is 2.41. The number of carbonyl (C=O) groups excluding carboxylic acids is 1. The second-order valence-electron chi connectivity index (χ2n) is 4.88. The first-order chi connectivity index (χ1) is 9.54. The third-order valence-corrected chi connectivity index (χ3v) is 3.54. The van der Waals surface area contributed by atoms with E-state index in [9.17, 15) is 14.7 Å². The summed E-state index contributed by atoms with van der Waals surface area (Å²) in [6.45, 7) is 0.315. The topological polar surface area (TPSA) is 81.1 Å². The highest BCUT2D eigenvalue weighted by molar-refractivity contribution is 5.83. The molecule has 1 aliphatic heterocycles. The van der Waals surface area contributed by atoms with E-state index in [0.717, 1.165) is 11.1 Å². The summed E-state index contributed by atoms with van der Waals surface area (Å²) in [5, 5.41) is 18.2. The van der Waals surface area contributed by atoms with Gasteiger partial charge < -0.3 is 20.0 Å². The van der Waals surface area contributed by atoms with E-state index < -0.39 is 12.0 Å². The molecule has 6 nitrogen and oxygen atoms in total. The molecule has 6 heteroatoms. The Kier molecular flexibility index (Phi) is 4.24. The standard InChI is InChI=1S/C14H18N2O4/c1-15(6-7-17)14(20)16-9-11-5-3-2-4-10(11)8-12(16)13(18)19/h2-5,12,17H,6-9H2,1H3,(H,18,19)/t12-/m0/s1. The molecule has 2 amide bonds. The van der Waals surface area contributed by atoms with Gasteiger partial charge in [0, 0.05) is 26.6 Å². The molecule has 20 heavy (non-hydrogen) atoms. The van der Waals surface area contributed by atoms with E-state index in [2.05, 4.69) is 0 Å². The second kappa shape index (κ2) is 5.92. The van der Waals surface area contributed by atoms with Crippen molar-refractivity contribution in [2.45, 2.75) is 19.0 Å². The Morgan fingerprint density at radius 2 is 2.00 bits per heavy atom. The SMILES string of the molecule is CN(CCO)C(=O)N1Cc2ccccc2C[C@H]1C(=O)O. The zero-order valence-corrected chi connectivity index (χ0v) is 11.3. The van der Waals surface area contributed by atoms with Gasteiger partial charge in [0.05, 0.1) is 6.61 Å². The summed E-state index contributed by atoms with van der Waals surface area (Å²) in [6.07, 6.45) is 0.310. The van der Waals surface area contributed by atoms with Crippen LogP contribution in [0.1, 0.15) is 11.1 Å². The summed E-state index contributed by atoms with van der Waals surface area (Å²) in [5.74, 6) is -1.01. The number of rotatable bonds is 3. The van der Waals surface area contributed by atoms with E-state index in [1.807, 2.05) is 24.3 Å². The van der Waals surface area contributed by atoms with Gasteiger partial charge in [0.1, 0.15) is 6.04 Å². The molecule has 108 valence electrons. The third kappa shape index (κ3) is 2.75. The number of benzene rings is 1. The number of carbonyl (C=O) groups is 2. The maximum Gasteiger partial charge on any atom is 0.326 e. The molecule has 0 aromatic heterocycles. The zero-order chi connectivity index (χ0) is 14.7. The number of aliphatic hydroxyl groups excluding tert-OH is 1. The van der Waals surface area contributed by atoms with Gasteiger partial charge in [-0.05, 0) is 11.1 Å². The van der Waals surface area contributed by atoms with Crippen molar-refractivity contribution in [3.05, 3.63) is 35.4 Å². The molecule has 2 rings (SSSR count). The molecule has 1 aromatic carbocycles. The van der Waals surface area contributed by atoms with Gasteiger partial charge in [-0.15, -0.1) is 0 Å². The molecular weight excluding hydrogens is 260 g/mol. The lowest BCUT2D eigenvalue weighted by Gasteiger charge is -2.36. The number of aliphatic carboxylic acids is 1. The van der Waals surface area contributed by atoms with E-state index in [0.29, 0.717) is 6.42 Å². The van der Waals surface area contributed by atoms with Crippen molar-refractivity contribution in [2.24, 2.45) is 0 Å². The number of amides is 2. The fourth-order valence-electron chi connectivity index (χ4n) is 2.41. The van der Waals surface area contributed by atoms with E-state index >= 15 is 0 Å². The van der Waals surface area contributed by atoms with E-state index in [1.165, 1.54) is 9.80 Å². The van der Waals surface area contributed by atoms with Crippen LogP contribution in [-0.2, 0) is 17.8 Å². The minimum atomic E-state index is -1.01. The minimum absolute atomic E-state index is 0.148. The van der Waals surface area contributed by atoms with Crippen LogP contribution in [0.4, 0.5) is 4.79 Å². The summed E-state index contributed by atoms with van der Waals surface area (Å²) in [4.78, 5) is 26.4. The van der Waals surface area contributed by atoms with Gasteiger partial charge in [-0.25, -0.2) is 9.59 Å². The Morgan fingerprint density at radius 3 is 2.60 bits per heavy atom. The van der Waals surface area contributed by atoms with Gasteiger partial charge in [-0.2, -0.15) is 0 Å². The smallest absolute Gasteiger partial charge is 0.326 e. The number of carboxylic acids is 1. The Labute approximate surface area is 117 Å². The van der Waals surface area contributed by atoms with Gasteiger partial charge in [-0.1, -0.05) is 24.3 Å². The third-order valence-electron chi connectivity index (χ3n) is 3.54. The van der Waals surface area contributed by atoms with Gasteiger partial charge in [-0.3, -0.25) is 0 Å². The van der Waals surface area contributed by atoms with Crippen LogP contribution in [0.3, 0.4) is 0 Å². The molecule has 0 bridgehead atoms. The van der Waals surface area contributed by atoms with Crippen LogP contribution in [0.2, 0.25) is 0 Å². The highest BCUT2D eigenvalue weighted by Crippen LogP contribution is 2.24. The normalized spacial score (nSPS) is 17.5. The second-order valence-corrected chi connectivity index (χ2v) is 4.88. The number of carboxylic acid groups (broad SMARTS) is 1. The number of aliphatic hydroxyl groups is 1. The molecule has 0 aliphatic carbocycles. The average molecular weight is 278 g/mol. The van der Waals surface area contributed by atoms with E-state index in [4.69, 9.17) is 5.11 Å². The summed E-state index contributed by atoms with van der Waals surface area (Å²) >= 11 is 0. The number of likely N-dealkylation sites (N-methyl/N-ethyl adjacent to an activating group) is 1. The molecule has 1 aliphatic rings. The van der Waals surface area contributed by atoms with Crippen molar-refractivity contribution < 1.29 is 19.8 Å². The van der Waals surface area contributed by atoms with Crippen LogP contribution in [0.15, 0.2) is 24.3 Å². The highest BCUT2D eigenvalue weighted by atomic mass is 16.4. The van der Waals surface area contributed by atoms with Crippen molar-refractivity contribution in [3.8, 4) is 0 Å². The predicted octanol–water partition coefficient (Wildman–Crippen LogP) is 0.542. The molecule has 0 fully saturated rings. The molecule has 0 saturated heterocycles. The quantitative estimate of drug-likeness (QED) is 0.845. The summed E-state index contributed by atoms with van der Waals surface area (Å²) in [6, 6.07) is 6.30. The van der Waals surface area contributed by atoms with Gasteiger partial charge in [0.15, 0.2) is 0 Å². The van der Waals surface area contributed by atoms with Crippen molar-refractivity contribution in [1.29, 1.82) is 0 Å². The van der Waals surface area contributed by atoms with Crippen molar-refractivity contribution in [2.75, 3.05) is 20.2 Å². The van der Waals surface area contributed by atoms with Crippen LogP contribution in [0.5, 0.6) is 0 Å². The molecule has 0 saturated carbocycles. The molecule has 1 heterocycles. The molecule has 0 radical (unpaired) electrons. The van der Waals surface area contributed by atoms with Crippen LogP contribution >= 0.6 is 0 Å². The van der Waals surface area contributed by atoms with Crippen LogP contribution < -0.4 is 0 Å². The van der Waals surface area contributed by atoms with Crippen LogP contribution in [-0.4, -0.2) is 58.3 Å². The Balaban J connectivity index is 2.26. The first-order valence-electron chi connectivity index (χ1n) is 6.46. The van der Waals surface area contributed by atoms with Crippen LogP contribution in [0, 0.1) is 0 Å². The predicted molar refractivity (Wildman–Crippen MR) is 72.2 cm³/mol. The van der Waals surface area contributed by atoms with Crippen molar-refractivity contribution in [1.82, 2.24) is 9.80 Å². The lowest BCUT2D eigenvalue weighted by Crippen LogP contribution is -2.53. The highest BCUT2D eigenvalue weighted by Gasteiger charge is 2.35. The monoisotopic (exact) mass is 278 g/mol. The minimum Gasteiger partial charge on any atom is -0.480 e. The summed E-state index contributed by atoms with van der Waals surface area (Å²) in [7, 11) is 1.55. The average Bonchev–Trinajstić information content (AvgIpc) is 2.45. The number of fused-ring (bicyclic) bond motifs is 1. The van der Waals surface area contributed by atoms with Crippen molar-refractivity contribution >= 4 is 12.0 Å². The van der Waals surface area contributed by atoms with Crippen LogP contribution in [0.25, 0.3) is 0 Å². The van der Waals surface area contributed by atoms with Gasteiger partial charge >= 0.3 is 12.0 Å². The first kappa shape index (κ1) is 14.3. The maximum absolute atomic E-state index is 12.3. The molecule has 2 N–H and O–H groups in total. The lowest BCUT2D eigenvalue weighted by molar-refractivity contribution is -0.142. The Hall–Kier alpha value is -2.08. The Morgan fingerprint density at radius 1 is 1.35 bits per heavy atom. The van der Waals surface area contributed by atoms with Gasteiger partial charge in [0.2, 0.25) is 0 Å². The lowest BCUT2D eigenvalue weighted by atomic mass is 9.94. The fraction of sp³-hybridized carbons (Fsp3) is 0.429. The number of hydrogen-bond acceptors (Lipinski definition) is 3. The van der Waals surface area contributed by atoms with E-state index in [-0.39, 0.29) is 25.7 Å². The largest absolute Gasteiger partial charge is 0.480 e. The maximum atomic E-state index is 12.3. The summed E-state index contributed by atoms with van der Waals surface area (Å²) < 4.78 is 0.